The maximum absolute atomic E-state index is 11.6. The number of rotatable bonds is 6. The molecule has 1 rings (SSSR count). The molecule has 0 bridgehead atoms. The number of alkyl halides is 1. The molecule has 4 nitrogen and oxygen atoms in total. The average molecular weight is 278 g/mol. The summed E-state index contributed by atoms with van der Waals surface area (Å²) in [4.78, 5) is 0. The van der Waals surface area contributed by atoms with Crippen LogP contribution in [0.3, 0.4) is 0 Å². The summed E-state index contributed by atoms with van der Waals surface area (Å²) < 4.78 is 25.7. The van der Waals surface area contributed by atoms with Gasteiger partial charge in [0.2, 0.25) is 10.0 Å². The Morgan fingerprint density at radius 2 is 2.06 bits per heavy atom. The number of anilines is 1. The SMILES string of the molecule is Cc1ccc(NS(=O)(=O)CCCCCl)cc1O. The van der Waals surface area contributed by atoms with E-state index in [0.717, 1.165) is 0 Å². The predicted molar refractivity (Wildman–Crippen MR) is 70.2 cm³/mol. The molecule has 2 N–H and O–H groups in total. The number of hydrogen-bond donors (Lipinski definition) is 2. The third kappa shape index (κ3) is 4.83. The van der Waals surface area contributed by atoms with Crippen molar-refractivity contribution in [1.29, 1.82) is 0 Å². The number of halogens is 1. The number of benzene rings is 1. The van der Waals surface area contributed by atoms with Crippen LogP contribution in [-0.4, -0.2) is 25.2 Å². The first-order valence-corrected chi connectivity index (χ1v) is 7.49. The van der Waals surface area contributed by atoms with Gasteiger partial charge in [-0.25, -0.2) is 8.42 Å². The van der Waals surface area contributed by atoms with Gasteiger partial charge in [-0.3, -0.25) is 4.72 Å². The lowest BCUT2D eigenvalue weighted by Crippen LogP contribution is -2.16. The van der Waals surface area contributed by atoms with Gasteiger partial charge in [0.25, 0.3) is 0 Å². The van der Waals surface area contributed by atoms with E-state index in [0.29, 0.717) is 30.0 Å². The van der Waals surface area contributed by atoms with Crippen LogP contribution in [0.5, 0.6) is 5.75 Å². The monoisotopic (exact) mass is 277 g/mol. The lowest BCUT2D eigenvalue weighted by Gasteiger charge is -2.08. The summed E-state index contributed by atoms with van der Waals surface area (Å²) in [5.41, 5.74) is 1.08. The second-order valence-electron chi connectivity index (χ2n) is 3.82. The number of sulfonamides is 1. The molecule has 0 saturated carbocycles. The van der Waals surface area contributed by atoms with Crippen LogP contribution in [0.2, 0.25) is 0 Å². The lowest BCUT2D eigenvalue weighted by molar-refractivity contribution is 0.471. The summed E-state index contributed by atoms with van der Waals surface area (Å²) in [6, 6.07) is 4.68. The van der Waals surface area contributed by atoms with Crippen molar-refractivity contribution in [2.75, 3.05) is 16.4 Å². The molecule has 1 aromatic carbocycles. The molecule has 0 radical (unpaired) electrons. The summed E-state index contributed by atoms with van der Waals surface area (Å²) in [7, 11) is -3.36. The quantitative estimate of drug-likeness (QED) is 0.620. The molecule has 1 aromatic rings. The van der Waals surface area contributed by atoms with Gasteiger partial charge in [-0.1, -0.05) is 6.07 Å². The van der Waals surface area contributed by atoms with Crippen molar-refractivity contribution in [1.82, 2.24) is 0 Å². The van der Waals surface area contributed by atoms with E-state index < -0.39 is 10.0 Å². The van der Waals surface area contributed by atoms with E-state index in [1.165, 1.54) is 6.07 Å². The first kappa shape index (κ1) is 14.1. The van der Waals surface area contributed by atoms with Crippen LogP contribution >= 0.6 is 11.6 Å². The largest absolute Gasteiger partial charge is 0.508 e. The zero-order valence-electron chi connectivity index (χ0n) is 9.61. The molecule has 0 aromatic heterocycles. The van der Waals surface area contributed by atoms with Crippen molar-refractivity contribution in [3.8, 4) is 5.75 Å². The Kier molecular flexibility index (Phi) is 5.08. The molecular formula is C11H16ClNO3S. The highest BCUT2D eigenvalue weighted by molar-refractivity contribution is 7.92. The third-order valence-electron chi connectivity index (χ3n) is 2.28. The van der Waals surface area contributed by atoms with Gasteiger partial charge in [-0.15, -0.1) is 11.6 Å². The van der Waals surface area contributed by atoms with Gasteiger partial charge in [0.1, 0.15) is 5.75 Å². The first-order valence-electron chi connectivity index (χ1n) is 5.31. The minimum Gasteiger partial charge on any atom is -0.508 e. The number of unbranched alkanes of at least 4 members (excludes halogenated alkanes) is 1. The number of aryl methyl sites for hydroxylation is 1. The molecule has 0 amide bonds. The van der Waals surface area contributed by atoms with E-state index >= 15 is 0 Å². The fourth-order valence-corrected chi connectivity index (χ4v) is 2.65. The Hall–Kier alpha value is -0.940. The van der Waals surface area contributed by atoms with Crippen LogP contribution in [0.1, 0.15) is 18.4 Å². The summed E-state index contributed by atoms with van der Waals surface area (Å²) in [5, 5.41) is 9.46. The maximum Gasteiger partial charge on any atom is 0.232 e. The Morgan fingerprint density at radius 1 is 1.35 bits per heavy atom. The zero-order valence-corrected chi connectivity index (χ0v) is 11.2. The predicted octanol–water partition coefficient (Wildman–Crippen LogP) is 2.46. The molecule has 0 atom stereocenters. The van der Waals surface area contributed by atoms with Gasteiger partial charge in [0.15, 0.2) is 0 Å². The van der Waals surface area contributed by atoms with Crippen LogP contribution < -0.4 is 4.72 Å². The summed E-state index contributed by atoms with van der Waals surface area (Å²) in [6.07, 6.45) is 1.19. The smallest absolute Gasteiger partial charge is 0.232 e. The second kappa shape index (κ2) is 6.12. The molecule has 0 aliphatic heterocycles. The van der Waals surface area contributed by atoms with E-state index in [4.69, 9.17) is 11.6 Å². The fourth-order valence-electron chi connectivity index (χ4n) is 1.29. The van der Waals surface area contributed by atoms with Crippen LogP contribution in [0.25, 0.3) is 0 Å². The average Bonchev–Trinajstić information content (AvgIpc) is 2.23. The third-order valence-corrected chi connectivity index (χ3v) is 3.92. The fraction of sp³-hybridized carbons (Fsp3) is 0.455. The summed E-state index contributed by atoms with van der Waals surface area (Å²) in [5.74, 6) is 0.570. The number of phenols is 1. The molecule has 17 heavy (non-hydrogen) atoms. The number of phenolic OH excluding ortho intramolecular Hbond substituents is 1. The van der Waals surface area contributed by atoms with E-state index in [1.807, 2.05) is 0 Å². The Labute approximate surface area is 107 Å². The molecule has 0 spiro atoms. The van der Waals surface area contributed by atoms with Crippen molar-refractivity contribution >= 4 is 27.3 Å². The minimum atomic E-state index is -3.36. The molecule has 0 saturated heterocycles. The van der Waals surface area contributed by atoms with Crippen LogP contribution in [0, 0.1) is 6.92 Å². The second-order valence-corrected chi connectivity index (χ2v) is 6.04. The summed E-state index contributed by atoms with van der Waals surface area (Å²) >= 11 is 5.48. The first-order chi connectivity index (χ1) is 7.94. The Morgan fingerprint density at radius 3 is 2.65 bits per heavy atom. The van der Waals surface area contributed by atoms with Crippen molar-refractivity contribution < 1.29 is 13.5 Å². The van der Waals surface area contributed by atoms with Gasteiger partial charge in [0, 0.05) is 11.9 Å². The zero-order chi connectivity index (χ0) is 12.9. The molecule has 0 heterocycles. The molecule has 6 heteroatoms. The van der Waals surface area contributed by atoms with E-state index in [9.17, 15) is 13.5 Å². The van der Waals surface area contributed by atoms with Gasteiger partial charge < -0.3 is 5.11 Å². The van der Waals surface area contributed by atoms with Crippen LogP contribution in [-0.2, 0) is 10.0 Å². The molecule has 0 aliphatic carbocycles. The van der Waals surface area contributed by atoms with Gasteiger partial charge >= 0.3 is 0 Å². The van der Waals surface area contributed by atoms with E-state index in [1.54, 1.807) is 19.1 Å². The summed E-state index contributed by atoms with van der Waals surface area (Å²) in [6.45, 7) is 1.74. The normalized spacial score (nSPS) is 11.4. The topological polar surface area (TPSA) is 66.4 Å². The van der Waals surface area contributed by atoms with Crippen molar-refractivity contribution in [3.05, 3.63) is 23.8 Å². The molecule has 0 fully saturated rings. The molecule has 0 aliphatic rings. The van der Waals surface area contributed by atoms with Gasteiger partial charge in [-0.2, -0.15) is 0 Å². The highest BCUT2D eigenvalue weighted by Crippen LogP contribution is 2.21. The maximum atomic E-state index is 11.6. The highest BCUT2D eigenvalue weighted by Gasteiger charge is 2.10. The minimum absolute atomic E-state index is 0.0361. The molecular weight excluding hydrogens is 262 g/mol. The van der Waals surface area contributed by atoms with E-state index in [2.05, 4.69) is 4.72 Å². The van der Waals surface area contributed by atoms with E-state index in [-0.39, 0.29) is 11.5 Å². The highest BCUT2D eigenvalue weighted by atomic mass is 35.5. The van der Waals surface area contributed by atoms with Gasteiger partial charge in [-0.05, 0) is 31.4 Å². The number of aromatic hydroxyl groups is 1. The molecule has 0 unspecified atom stereocenters. The van der Waals surface area contributed by atoms with Crippen molar-refractivity contribution in [3.63, 3.8) is 0 Å². The molecule has 96 valence electrons. The Bertz CT molecular complexity index is 474. The van der Waals surface area contributed by atoms with Crippen LogP contribution in [0.15, 0.2) is 18.2 Å². The number of nitrogens with one attached hydrogen (secondary N) is 1. The lowest BCUT2D eigenvalue weighted by atomic mass is 10.2. The standard InChI is InChI=1S/C11H16ClNO3S/c1-9-4-5-10(8-11(9)14)13-17(15,16)7-3-2-6-12/h4-5,8,13-14H,2-3,6-7H2,1H3. The van der Waals surface area contributed by atoms with Crippen molar-refractivity contribution in [2.24, 2.45) is 0 Å². The van der Waals surface area contributed by atoms with Gasteiger partial charge in [0.05, 0.1) is 11.4 Å². The Balaban J connectivity index is 2.66. The van der Waals surface area contributed by atoms with Crippen LogP contribution in [0.4, 0.5) is 5.69 Å². The van der Waals surface area contributed by atoms with Crippen molar-refractivity contribution in [2.45, 2.75) is 19.8 Å². The number of hydrogen-bond acceptors (Lipinski definition) is 3.